The van der Waals surface area contributed by atoms with Crippen molar-refractivity contribution in [3.05, 3.63) is 46.3 Å². The third-order valence-electron chi connectivity index (χ3n) is 3.50. The molecule has 8 heteroatoms. The van der Waals surface area contributed by atoms with Crippen molar-refractivity contribution < 1.29 is 24.1 Å². The number of aliphatic hydroxyl groups excluding tert-OH is 1. The summed E-state index contributed by atoms with van der Waals surface area (Å²) in [4.78, 5) is 14.8. The molecule has 0 aliphatic carbocycles. The lowest BCUT2D eigenvalue weighted by molar-refractivity contribution is -0.178. The molecule has 0 amide bonds. The van der Waals surface area contributed by atoms with Crippen LogP contribution in [-0.4, -0.2) is 48.3 Å². The Morgan fingerprint density at radius 1 is 1.43 bits per heavy atom. The Labute approximate surface area is 119 Å². The summed E-state index contributed by atoms with van der Waals surface area (Å²) in [5, 5.41) is 13.7. The number of ether oxygens (including phenoxy) is 3. The van der Waals surface area contributed by atoms with Crippen molar-refractivity contribution in [1.29, 1.82) is 0 Å². The highest BCUT2D eigenvalue weighted by atomic mass is 16.7. The van der Waals surface area contributed by atoms with Gasteiger partial charge in [0.15, 0.2) is 6.29 Å². The van der Waals surface area contributed by atoms with Gasteiger partial charge in [0.05, 0.1) is 12.2 Å². The Morgan fingerprint density at radius 2 is 2.19 bits per heavy atom. The Hall–Kier alpha value is -2.12. The van der Waals surface area contributed by atoms with Gasteiger partial charge in [0.2, 0.25) is 0 Å². The Balaban J connectivity index is 1.81. The maximum atomic E-state index is 12.1. The summed E-state index contributed by atoms with van der Waals surface area (Å²) in [6.07, 6.45) is -3.50. The Bertz CT molecular complexity index is 574. The fourth-order valence-corrected chi connectivity index (χ4v) is 2.45. The lowest BCUT2D eigenvalue weighted by Gasteiger charge is -2.35. The van der Waals surface area contributed by atoms with Crippen LogP contribution in [0.3, 0.4) is 0 Å². The number of azide groups is 1. The molecule has 0 aromatic heterocycles. The van der Waals surface area contributed by atoms with E-state index in [9.17, 15) is 9.90 Å². The van der Waals surface area contributed by atoms with Crippen LogP contribution in [0.2, 0.25) is 0 Å². The highest BCUT2D eigenvalue weighted by Crippen LogP contribution is 2.32. The molecule has 1 N–H and O–H groups in total. The predicted molar refractivity (Wildman–Crippen MR) is 69.2 cm³/mol. The van der Waals surface area contributed by atoms with Gasteiger partial charge >= 0.3 is 5.97 Å². The van der Waals surface area contributed by atoms with Crippen LogP contribution >= 0.6 is 0 Å². The molecule has 5 atom stereocenters. The topological polar surface area (TPSA) is 114 Å². The van der Waals surface area contributed by atoms with Crippen molar-refractivity contribution in [3.8, 4) is 0 Å². The molecule has 0 saturated carbocycles. The van der Waals surface area contributed by atoms with Crippen LogP contribution in [0.15, 0.2) is 35.4 Å². The van der Waals surface area contributed by atoms with Gasteiger partial charge in [-0.15, -0.1) is 0 Å². The summed E-state index contributed by atoms with van der Waals surface area (Å²) in [6.45, 7) is 0.169. The number of rotatable bonds is 3. The zero-order valence-electron chi connectivity index (χ0n) is 10.9. The number of fused-ring (bicyclic) bond motifs is 2. The van der Waals surface area contributed by atoms with E-state index in [0.717, 1.165) is 0 Å². The first-order chi connectivity index (χ1) is 10.2. The molecule has 1 aromatic rings. The van der Waals surface area contributed by atoms with E-state index in [1.165, 1.54) is 0 Å². The van der Waals surface area contributed by atoms with Gasteiger partial charge < -0.3 is 19.3 Å². The molecule has 1 aromatic carbocycles. The van der Waals surface area contributed by atoms with Gasteiger partial charge in [0, 0.05) is 4.91 Å². The second-order valence-corrected chi connectivity index (χ2v) is 4.80. The van der Waals surface area contributed by atoms with Crippen LogP contribution in [0.4, 0.5) is 0 Å². The number of carbonyl (C=O) groups is 1. The van der Waals surface area contributed by atoms with Gasteiger partial charge in [-0.25, -0.2) is 4.79 Å². The molecular weight excluding hydrogens is 278 g/mol. The van der Waals surface area contributed by atoms with Crippen molar-refractivity contribution in [1.82, 2.24) is 0 Å². The van der Waals surface area contributed by atoms with Crippen LogP contribution in [0.1, 0.15) is 10.4 Å². The number of hydrogen-bond acceptors (Lipinski definition) is 6. The van der Waals surface area contributed by atoms with E-state index < -0.39 is 36.6 Å². The molecular formula is C13H13N3O5. The van der Waals surface area contributed by atoms with Crippen LogP contribution in [0, 0.1) is 0 Å². The second kappa shape index (κ2) is 5.71. The molecule has 3 rings (SSSR count). The molecule has 21 heavy (non-hydrogen) atoms. The van der Waals surface area contributed by atoms with Gasteiger partial charge in [-0.1, -0.05) is 23.3 Å². The summed E-state index contributed by atoms with van der Waals surface area (Å²) in [5.74, 6) is -0.598. The average Bonchev–Trinajstić information content (AvgIpc) is 2.96. The van der Waals surface area contributed by atoms with Crippen LogP contribution in [-0.2, 0) is 14.2 Å². The van der Waals surface area contributed by atoms with Crippen LogP contribution in [0.5, 0.6) is 0 Å². The molecule has 2 aliphatic rings. The van der Waals surface area contributed by atoms with Gasteiger partial charge in [-0.3, -0.25) is 0 Å². The summed E-state index contributed by atoms with van der Waals surface area (Å²) in [6, 6.07) is 7.46. The number of nitrogens with zero attached hydrogens (tertiary/aromatic N) is 3. The minimum Gasteiger partial charge on any atom is -0.455 e. The third kappa shape index (κ3) is 2.57. The predicted octanol–water partition coefficient (Wildman–Crippen LogP) is 1.01. The maximum absolute atomic E-state index is 12.1. The molecule has 110 valence electrons. The van der Waals surface area contributed by atoms with E-state index in [2.05, 4.69) is 10.0 Å². The first-order valence-electron chi connectivity index (χ1n) is 6.46. The highest BCUT2D eigenvalue weighted by Gasteiger charge is 2.51. The maximum Gasteiger partial charge on any atom is 0.338 e. The first-order valence-corrected chi connectivity index (χ1v) is 6.46. The summed E-state index contributed by atoms with van der Waals surface area (Å²) >= 11 is 0. The van der Waals surface area contributed by atoms with E-state index >= 15 is 0 Å². The molecule has 2 heterocycles. The minimum atomic E-state index is -1.10. The molecule has 8 nitrogen and oxygen atoms in total. The number of hydrogen-bond donors (Lipinski definition) is 1. The Kier molecular flexibility index (Phi) is 3.76. The summed E-state index contributed by atoms with van der Waals surface area (Å²) in [7, 11) is 0. The zero-order valence-corrected chi connectivity index (χ0v) is 10.9. The second-order valence-electron chi connectivity index (χ2n) is 4.80. The van der Waals surface area contributed by atoms with Crippen molar-refractivity contribution in [3.63, 3.8) is 0 Å². The Morgan fingerprint density at radius 3 is 2.90 bits per heavy atom. The largest absolute Gasteiger partial charge is 0.455 e. The van der Waals surface area contributed by atoms with E-state index in [0.29, 0.717) is 5.56 Å². The molecule has 0 radical (unpaired) electrons. The van der Waals surface area contributed by atoms with E-state index in [-0.39, 0.29) is 6.61 Å². The fourth-order valence-electron chi connectivity index (χ4n) is 2.45. The smallest absolute Gasteiger partial charge is 0.338 e. The quantitative estimate of drug-likeness (QED) is 0.386. The summed E-state index contributed by atoms with van der Waals surface area (Å²) in [5.41, 5.74) is 8.98. The van der Waals surface area contributed by atoms with E-state index in [4.69, 9.17) is 19.7 Å². The number of carbonyl (C=O) groups excluding carboxylic acids is 1. The first kappa shape index (κ1) is 13.8. The van der Waals surface area contributed by atoms with Crippen LogP contribution < -0.4 is 0 Å². The van der Waals surface area contributed by atoms with Gasteiger partial charge in [-0.05, 0) is 17.7 Å². The van der Waals surface area contributed by atoms with Crippen molar-refractivity contribution >= 4 is 5.97 Å². The van der Waals surface area contributed by atoms with Crippen LogP contribution in [0.25, 0.3) is 10.4 Å². The van der Waals surface area contributed by atoms with Crippen molar-refractivity contribution in [2.24, 2.45) is 5.11 Å². The lowest BCUT2D eigenvalue weighted by atomic mass is 9.99. The number of benzene rings is 1. The monoisotopic (exact) mass is 291 g/mol. The SMILES string of the molecule is [N-]=[N+]=N[C@H]1[C@@H]2OC[C@@H](O2)[C@@H](O)[C@@H]1OC(=O)c1ccccc1. The molecule has 2 fully saturated rings. The zero-order chi connectivity index (χ0) is 14.8. The van der Waals surface area contributed by atoms with E-state index in [1.54, 1.807) is 30.3 Å². The van der Waals surface area contributed by atoms with Crippen molar-refractivity contribution in [2.45, 2.75) is 30.6 Å². The molecule has 2 bridgehead atoms. The minimum absolute atomic E-state index is 0.169. The van der Waals surface area contributed by atoms with Gasteiger partial charge in [0.25, 0.3) is 0 Å². The highest BCUT2D eigenvalue weighted by molar-refractivity contribution is 5.89. The van der Waals surface area contributed by atoms with Crippen molar-refractivity contribution in [2.75, 3.05) is 6.61 Å². The molecule has 2 aliphatic heterocycles. The fraction of sp³-hybridized carbons (Fsp3) is 0.462. The average molecular weight is 291 g/mol. The molecule has 2 saturated heterocycles. The number of esters is 1. The van der Waals surface area contributed by atoms with Gasteiger partial charge in [0.1, 0.15) is 24.4 Å². The lowest BCUT2D eigenvalue weighted by Crippen LogP contribution is -2.54. The molecule has 0 unspecified atom stereocenters. The summed E-state index contributed by atoms with van der Waals surface area (Å²) < 4.78 is 16.0. The van der Waals surface area contributed by atoms with Gasteiger partial charge in [-0.2, -0.15) is 0 Å². The normalized spacial score (nSPS) is 34.0. The number of aliphatic hydroxyl groups is 1. The third-order valence-corrected chi connectivity index (χ3v) is 3.50. The molecule has 0 spiro atoms. The van der Waals surface area contributed by atoms with E-state index in [1.807, 2.05) is 0 Å². The standard InChI is InChI=1S/C13H13N3O5/c14-16-15-9-11(10(17)8-6-19-13(9)20-8)21-12(18)7-4-2-1-3-5-7/h1-5,8-11,13,17H,6H2/t8-,9-,10-,11-,13-/m1/s1.